The molecule has 2 saturated heterocycles. The Hall–Kier alpha value is -2.29. The van der Waals surface area contributed by atoms with E-state index >= 15 is 0 Å². The third-order valence-corrected chi connectivity index (χ3v) is 5.74. The highest BCUT2D eigenvalue weighted by Crippen LogP contribution is 2.45. The largest absolute Gasteiger partial charge is 0.481 e. The maximum absolute atomic E-state index is 11.3. The van der Waals surface area contributed by atoms with Crippen LogP contribution in [0.4, 0.5) is 0 Å². The van der Waals surface area contributed by atoms with Crippen LogP contribution in [0, 0.1) is 12.3 Å². The number of rotatable bonds is 5. The van der Waals surface area contributed by atoms with Crippen molar-refractivity contribution >= 4 is 0 Å². The second kappa shape index (κ2) is 6.79. The summed E-state index contributed by atoms with van der Waals surface area (Å²) >= 11 is 0. The number of aromatic nitrogens is 2. The lowest BCUT2D eigenvalue weighted by Crippen LogP contribution is -2.50. The molecule has 5 heteroatoms. The summed E-state index contributed by atoms with van der Waals surface area (Å²) < 4.78 is 7.49. The first-order valence-electron chi connectivity index (χ1n) is 9.20. The Labute approximate surface area is 154 Å². The second-order valence-electron chi connectivity index (χ2n) is 7.50. The molecule has 26 heavy (non-hydrogen) atoms. The van der Waals surface area contributed by atoms with Gasteiger partial charge < -0.3 is 14.4 Å². The molecule has 136 valence electrons. The number of piperidine rings is 1. The first-order chi connectivity index (χ1) is 12.6. The summed E-state index contributed by atoms with van der Waals surface area (Å²) in [5.41, 5.74) is 0.400. The van der Waals surface area contributed by atoms with Gasteiger partial charge in [0, 0.05) is 38.1 Å². The number of ether oxygens (including phenoxy) is 1. The molecule has 0 radical (unpaired) electrons. The van der Waals surface area contributed by atoms with Gasteiger partial charge in [0.15, 0.2) is 0 Å². The number of fused-ring (bicyclic) bond motifs is 2. The predicted molar refractivity (Wildman–Crippen MR) is 99.5 cm³/mol. The smallest absolute Gasteiger partial charge is 0.148 e. The van der Waals surface area contributed by atoms with E-state index in [1.54, 1.807) is 6.20 Å². The molecular formula is C21H25N3O2. The first-order valence-corrected chi connectivity index (χ1v) is 9.20. The Morgan fingerprint density at radius 2 is 2.12 bits per heavy atom. The van der Waals surface area contributed by atoms with E-state index in [1.165, 1.54) is 5.56 Å². The SMILES string of the molecule is C#CCOc1cccc(CN2[C@@H]3CC[C@H]2CC(O)(c2nccn2C)C3)c1. The van der Waals surface area contributed by atoms with Gasteiger partial charge in [0.25, 0.3) is 0 Å². The number of nitrogens with zero attached hydrogens (tertiary/aromatic N) is 3. The zero-order valence-electron chi connectivity index (χ0n) is 15.1. The molecule has 0 saturated carbocycles. The number of hydrogen-bond acceptors (Lipinski definition) is 4. The molecule has 4 rings (SSSR count). The highest BCUT2D eigenvalue weighted by molar-refractivity contribution is 5.29. The summed E-state index contributed by atoms with van der Waals surface area (Å²) in [6, 6.07) is 8.90. The summed E-state index contributed by atoms with van der Waals surface area (Å²) in [5, 5.41) is 11.3. The molecule has 3 heterocycles. The van der Waals surface area contributed by atoms with Gasteiger partial charge in [-0.15, -0.1) is 6.42 Å². The molecule has 1 aromatic carbocycles. The summed E-state index contributed by atoms with van der Waals surface area (Å²) in [4.78, 5) is 6.96. The summed E-state index contributed by atoms with van der Waals surface area (Å²) in [5.74, 6) is 4.10. The van der Waals surface area contributed by atoms with Crippen molar-refractivity contribution in [1.82, 2.24) is 14.5 Å². The standard InChI is InChI=1S/C21H25N3O2/c1-3-11-26-19-6-4-5-16(12-19)15-24-17-7-8-18(24)14-21(25,13-17)20-22-9-10-23(20)2/h1,4-6,9-10,12,17-18,25H,7-8,11,13-15H2,2H3/t17-,18+,21?. The van der Waals surface area contributed by atoms with E-state index < -0.39 is 5.60 Å². The van der Waals surface area contributed by atoms with Crippen LogP contribution in [0.15, 0.2) is 36.7 Å². The number of terminal acetylenes is 1. The third kappa shape index (κ3) is 3.11. The maximum atomic E-state index is 11.3. The molecule has 2 aromatic rings. The molecule has 2 bridgehead atoms. The van der Waals surface area contributed by atoms with E-state index in [4.69, 9.17) is 11.2 Å². The fraction of sp³-hybridized carbons (Fsp3) is 0.476. The van der Waals surface area contributed by atoms with Crippen molar-refractivity contribution in [2.24, 2.45) is 7.05 Å². The van der Waals surface area contributed by atoms with E-state index in [0.29, 0.717) is 12.1 Å². The van der Waals surface area contributed by atoms with Crippen LogP contribution in [0.3, 0.4) is 0 Å². The topological polar surface area (TPSA) is 50.5 Å². The van der Waals surface area contributed by atoms with E-state index in [9.17, 15) is 5.11 Å². The number of aliphatic hydroxyl groups is 1. The highest BCUT2D eigenvalue weighted by Gasteiger charge is 2.49. The summed E-state index contributed by atoms with van der Waals surface area (Å²) in [6.07, 6.45) is 12.7. The minimum Gasteiger partial charge on any atom is -0.481 e. The number of imidazole rings is 1. The van der Waals surface area contributed by atoms with E-state index in [2.05, 4.69) is 27.9 Å². The Balaban J connectivity index is 1.49. The fourth-order valence-electron chi connectivity index (χ4n) is 4.64. The molecule has 1 unspecified atom stereocenters. The van der Waals surface area contributed by atoms with Crippen LogP contribution in [0.5, 0.6) is 5.75 Å². The summed E-state index contributed by atoms with van der Waals surface area (Å²) in [7, 11) is 1.95. The fourth-order valence-corrected chi connectivity index (χ4v) is 4.64. The van der Waals surface area contributed by atoms with Crippen LogP contribution in [-0.2, 0) is 19.2 Å². The molecule has 5 nitrogen and oxygen atoms in total. The molecule has 0 aliphatic carbocycles. The Morgan fingerprint density at radius 3 is 2.77 bits per heavy atom. The van der Waals surface area contributed by atoms with E-state index in [-0.39, 0.29) is 6.61 Å². The van der Waals surface area contributed by atoms with Crippen molar-refractivity contribution in [3.8, 4) is 18.1 Å². The van der Waals surface area contributed by atoms with Crippen LogP contribution in [-0.4, -0.2) is 38.2 Å². The van der Waals surface area contributed by atoms with Crippen LogP contribution >= 0.6 is 0 Å². The van der Waals surface area contributed by atoms with Crippen LogP contribution in [0.1, 0.15) is 37.1 Å². The van der Waals surface area contributed by atoms with Crippen LogP contribution in [0.25, 0.3) is 0 Å². The lowest BCUT2D eigenvalue weighted by atomic mass is 9.85. The lowest BCUT2D eigenvalue weighted by Gasteiger charge is -2.43. The molecule has 2 aliphatic heterocycles. The van der Waals surface area contributed by atoms with Crippen LogP contribution < -0.4 is 4.74 Å². The maximum Gasteiger partial charge on any atom is 0.148 e. The second-order valence-corrected chi connectivity index (χ2v) is 7.50. The van der Waals surface area contributed by atoms with Gasteiger partial charge in [0.05, 0.1) is 0 Å². The minimum absolute atomic E-state index is 0.287. The van der Waals surface area contributed by atoms with Crippen molar-refractivity contribution in [1.29, 1.82) is 0 Å². The molecule has 0 amide bonds. The zero-order valence-corrected chi connectivity index (χ0v) is 15.1. The van der Waals surface area contributed by atoms with E-state index in [0.717, 1.165) is 43.8 Å². The zero-order chi connectivity index (χ0) is 18.1. The number of aryl methyl sites for hydroxylation is 1. The number of hydrogen-bond donors (Lipinski definition) is 1. The molecule has 1 aromatic heterocycles. The van der Waals surface area contributed by atoms with Gasteiger partial charge >= 0.3 is 0 Å². The highest BCUT2D eigenvalue weighted by atomic mass is 16.5. The first kappa shape index (κ1) is 17.1. The predicted octanol–water partition coefficient (Wildman–Crippen LogP) is 2.45. The van der Waals surface area contributed by atoms with Gasteiger partial charge in [0.1, 0.15) is 23.8 Å². The van der Waals surface area contributed by atoms with Crippen molar-refractivity contribution in [3.05, 3.63) is 48.0 Å². The van der Waals surface area contributed by atoms with Gasteiger partial charge in [-0.25, -0.2) is 4.98 Å². The van der Waals surface area contributed by atoms with Gasteiger partial charge in [-0.1, -0.05) is 18.1 Å². The Kier molecular flexibility index (Phi) is 4.47. The molecule has 1 N–H and O–H groups in total. The average Bonchev–Trinajstić information content (AvgIpc) is 3.16. The normalized spacial score (nSPS) is 28.0. The van der Waals surface area contributed by atoms with Gasteiger partial charge in [-0.05, 0) is 43.4 Å². The average molecular weight is 351 g/mol. The quantitative estimate of drug-likeness (QED) is 0.841. The van der Waals surface area contributed by atoms with Crippen LogP contribution in [0.2, 0.25) is 0 Å². The summed E-state index contributed by atoms with van der Waals surface area (Å²) in [6.45, 7) is 1.16. The molecular weight excluding hydrogens is 326 g/mol. The van der Waals surface area contributed by atoms with Crippen molar-refractivity contribution in [3.63, 3.8) is 0 Å². The monoisotopic (exact) mass is 351 g/mol. The van der Waals surface area contributed by atoms with Gasteiger partial charge in [-0.2, -0.15) is 0 Å². The molecule has 3 atom stereocenters. The minimum atomic E-state index is -0.821. The van der Waals surface area contributed by atoms with Crippen molar-refractivity contribution in [2.45, 2.75) is 49.9 Å². The van der Waals surface area contributed by atoms with Crippen molar-refractivity contribution in [2.75, 3.05) is 6.61 Å². The number of benzene rings is 1. The van der Waals surface area contributed by atoms with Crippen molar-refractivity contribution < 1.29 is 9.84 Å². The Bertz CT molecular complexity index is 809. The molecule has 2 fully saturated rings. The molecule has 0 spiro atoms. The molecule has 2 aliphatic rings. The Morgan fingerprint density at radius 1 is 1.35 bits per heavy atom. The van der Waals surface area contributed by atoms with Gasteiger partial charge in [-0.3, -0.25) is 4.90 Å². The lowest BCUT2D eigenvalue weighted by molar-refractivity contribution is -0.0669. The third-order valence-electron chi connectivity index (χ3n) is 5.74. The van der Waals surface area contributed by atoms with Gasteiger partial charge in [0.2, 0.25) is 0 Å². The van der Waals surface area contributed by atoms with E-state index in [1.807, 2.05) is 29.9 Å².